The number of Topliss-reactive ketones (excluding diaryl/α,β-unsaturated/α-hetero) is 1. The Bertz CT molecular complexity index is 1490. The van der Waals surface area contributed by atoms with Crippen LogP contribution >= 0.6 is 0 Å². The molecule has 0 unspecified atom stereocenters. The van der Waals surface area contributed by atoms with Gasteiger partial charge in [-0.1, -0.05) is 39.0 Å². The van der Waals surface area contributed by atoms with Crippen molar-refractivity contribution in [2.24, 2.45) is 16.7 Å². The largest absolute Gasteiger partial charge is 0.455 e. The highest BCUT2D eigenvalue weighted by Crippen LogP contribution is 2.67. The van der Waals surface area contributed by atoms with Crippen LogP contribution in [0.15, 0.2) is 36.9 Å². The van der Waals surface area contributed by atoms with Gasteiger partial charge in [-0.2, -0.15) is 0 Å². The molecule has 1 aromatic rings. The average Bonchev–Trinajstić information content (AvgIpc) is 3.03. The van der Waals surface area contributed by atoms with Crippen LogP contribution in [-0.4, -0.2) is 119 Å². The standard InChI is InChI=1S/C37H52N2O10/c1-9-34(5)20-27(42)37(45)35(6)26(41)13-14-33(3,4)30(35)29(31(47-23(2)40)36(37,7)49-34)48-28(43)22-46-32(44)25-12-10-11-24(19-25)21-39-17-15-38(8)16-18-39/h9-12,19,26,29-31,41,45H,1,13-18,20-22H2,2-8H3/t26-,29-,30-,31-,34-,35-,36+,37-/m0/s1. The van der Waals surface area contributed by atoms with E-state index in [0.717, 1.165) is 31.7 Å². The van der Waals surface area contributed by atoms with E-state index < -0.39 is 82.2 Å². The summed E-state index contributed by atoms with van der Waals surface area (Å²) >= 11 is 0. The third kappa shape index (κ3) is 6.35. The number of carbonyl (C=O) groups is 4. The van der Waals surface area contributed by atoms with Crippen molar-refractivity contribution in [2.45, 2.75) is 102 Å². The van der Waals surface area contributed by atoms with Crippen LogP contribution in [0.3, 0.4) is 0 Å². The molecule has 2 N–H and O–H groups in total. The number of hydrogen-bond donors (Lipinski definition) is 2. The summed E-state index contributed by atoms with van der Waals surface area (Å²) in [4.78, 5) is 58.1. The summed E-state index contributed by atoms with van der Waals surface area (Å²) in [5.41, 5.74) is -6.70. The van der Waals surface area contributed by atoms with Crippen molar-refractivity contribution in [3.8, 4) is 0 Å². The quantitative estimate of drug-likeness (QED) is 0.235. The lowest BCUT2D eigenvalue weighted by Gasteiger charge is -2.71. The lowest BCUT2D eigenvalue weighted by Crippen LogP contribution is -2.87. The van der Waals surface area contributed by atoms with E-state index in [0.29, 0.717) is 13.0 Å². The fourth-order valence-corrected chi connectivity index (χ4v) is 9.20. The third-order valence-electron chi connectivity index (χ3n) is 11.7. The maximum Gasteiger partial charge on any atom is 0.344 e. The summed E-state index contributed by atoms with van der Waals surface area (Å²) in [7, 11) is 2.09. The molecule has 2 heterocycles. The van der Waals surface area contributed by atoms with Crippen LogP contribution < -0.4 is 0 Å². The molecule has 4 aliphatic rings. The number of carbonyl (C=O) groups excluding carboxylic acids is 4. The first-order valence-electron chi connectivity index (χ1n) is 17.1. The topological polar surface area (TPSA) is 152 Å². The monoisotopic (exact) mass is 684 g/mol. The van der Waals surface area contributed by atoms with E-state index in [1.807, 2.05) is 19.9 Å². The van der Waals surface area contributed by atoms with Gasteiger partial charge in [-0.15, -0.1) is 6.58 Å². The molecule has 0 amide bonds. The highest BCUT2D eigenvalue weighted by atomic mass is 16.6. The summed E-state index contributed by atoms with van der Waals surface area (Å²) in [6, 6.07) is 7.08. The number of esters is 3. The van der Waals surface area contributed by atoms with Crippen molar-refractivity contribution in [3.63, 3.8) is 0 Å². The molecule has 8 atom stereocenters. The minimum atomic E-state index is -2.35. The Balaban J connectivity index is 1.43. The van der Waals surface area contributed by atoms with Gasteiger partial charge in [-0.25, -0.2) is 9.59 Å². The number of ketones is 1. The van der Waals surface area contributed by atoms with Gasteiger partial charge in [0.1, 0.15) is 11.7 Å². The molecule has 2 aliphatic carbocycles. The number of benzene rings is 1. The Morgan fingerprint density at radius 1 is 1.08 bits per heavy atom. The molecular weight excluding hydrogens is 632 g/mol. The van der Waals surface area contributed by atoms with Crippen molar-refractivity contribution >= 4 is 23.7 Å². The zero-order valence-corrected chi connectivity index (χ0v) is 29.8. The van der Waals surface area contributed by atoms with Crippen molar-refractivity contribution in [1.82, 2.24) is 9.80 Å². The molecular formula is C37H52N2O10. The number of nitrogens with zero attached hydrogens (tertiary/aromatic N) is 2. The molecule has 0 radical (unpaired) electrons. The Morgan fingerprint density at radius 3 is 2.39 bits per heavy atom. The molecule has 49 heavy (non-hydrogen) atoms. The van der Waals surface area contributed by atoms with Gasteiger partial charge in [0, 0.05) is 57.4 Å². The molecule has 0 aromatic heterocycles. The minimum absolute atomic E-state index is 0.234. The second-order valence-electron chi connectivity index (χ2n) is 15.7. The van der Waals surface area contributed by atoms with Gasteiger partial charge in [0.05, 0.1) is 17.3 Å². The van der Waals surface area contributed by atoms with Gasteiger partial charge < -0.3 is 34.1 Å². The van der Waals surface area contributed by atoms with Crippen LogP contribution in [0.5, 0.6) is 0 Å². The number of aliphatic hydroxyl groups is 2. The van der Waals surface area contributed by atoms with E-state index >= 15 is 0 Å². The van der Waals surface area contributed by atoms with E-state index in [2.05, 4.69) is 23.4 Å². The normalized spacial score (nSPS) is 37.7. The van der Waals surface area contributed by atoms with Crippen molar-refractivity contribution in [3.05, 3.63) is 48.0 Å². The van der Waals surface area contributed by atoms with Gasteiger partial charge in [-0.3, -0.25) is 14.5 Å². The summed E-state index contributed by atoms with van der Waals surface area (Å²) in [5.74, 6) is -3.88. The minimum Gasteiger partial charge on any atom is -0.455 e. The first-order valence-corrected chi connectivity index (χ1v) is 17.1. The summed E-state index contributed by atoms with van der Waals surface area (Å²) in [6.45, 7) is 17.2. The van der Waals surface area contributed by atoms with Gasteiger partial charge in [0.25, 0.3) is 0 Å². The van der Waals surface area contributed by atoms with Gasteiger partial charge >= 0.3 is 17.9 Å². The summed E-state index contributed by atoms with van der Waals surface area (Å²) in [6.07, 6.45) is -2.06. The van der Waals surface area contributed by atoms with Crippen molar-refractivity contribution in [1.29, 1.82) is 0 Å². The maximum absolute atomic E-state index is 14.2. The molecule has 4 fully saturated rings. The van der Waals surface area contributed by atoms with Crippen LogP contribution in [0.1, 0.15) is 76.7 Å². The van der Waals surface area contributed by atoms with E-state index in [-0.39, 0.29) is 18.4 Å². The van der Waals surface area contributed by atoms with Crippen LogP contribution in [0, 0.1) is 16.7 Å². The molecule has 270 valence electrons. The molecule has 2 saturated carbocycles. The number of likely N-dealkylation sites (N-methyl/N-ethyl adjacent to an activating group) is 1. The predicted octanol–water partition coefficient (Wildman–Crippen LogP) is 2.68. The number of fused-ring (bicyclic) bond motifs is 3. The predicted molar refractivity (Wildman–Crippen MR) is 178 cm³/mol. The van der Waals surface area contributed by atoms with Crippen LogP contribution in [0.2, 0.25) is 0 Å². The maximum atomic E-state index is 14.2. The van der Waals surface area contributed by atoms with Gasteiger partial charge in [0.15, 0.2) is 24.1 Å². The van der Waals surface area contributed by atoms with E-state index in [1.165, 1.54) is 19.9 Å². The number of rotatable bonds is 8. The molecule has 2 saturated heterocycles. The number of piperazine rings is 1. The molecule has 2 aliphatic heterocycles. The molecule has 12 heteroatoms. The second-order valence-corrected chi connectivity index (χ2v) is 15.7. The zero-order valence-electron chi connectivity index (χ0n) is 29.8. The smallest absolute Gasteiger partial charge is 0.344 e. The first-order chi connectivity index (χ1) is 22.8. The number of hydrogen-bond acceptors (Lipinski definition) is 12. The van der Waals surface area contributed by atoms with E-state index in [4.69, 9.17) is 18.9 Å². The number of aliphatic hydroxyl groups excluding tert-OH is 1. The molecule has 0 bridgehead atoms. The number of ether oxygens (including phenoxy) is 4. The van der Waals surface area contributed by atoms with E-state index in [1.54, 1.807) is 32.0 Å². The Morgan fingerprint density at radius 2 is 1.76 bits per heavy atom. The molecule has 1 aromatic carbocycles. The SMILES string of the molecule is C=C[C@@]1(C)CC(=O)[C@]2(O)[C@@]3(C)[C@@H](O)CCC(C)(C)[C@@H]3[C@H](OC(=O)COC(=O)c3cccc(CN4CCN(C)CC4)c3)[C@H](OC(C)=O)[C@@]2(C)O1. The lowest BCUT2D eigenvalue weighted by molar-refractivity contribution is -0.371. The Kier molecular flexibility index (Phi) is 9.99. The molecule has 0 spiro atoms. The fraction of sp³-hybridized carbons (Fsp3) is 0.676. The summed E-state index contributed by atoms with van der Waals surface area (Å²) < 4.78 is 23.9. The highest BCUT2D eigenvalue weighted by Gasteiger charge is 2.82. The van der Waals surface area contributed by atoms with Crippen LogP contribution in [-0.2, 0) is 39.9 Å². The zero-order chi connectivity index (χ0) is 36.2. The lowest BCUT2D eigenvalue weighted by atomic mass is 9.39. The summed E-state index contributed by atoms with van der Waals surface area (Å²) in [5, 5.41) is 24.4. The van der Waals surface area contributed by atoms with Gasteiger partial charge in [0.2, 0.25) is 0 Å². The van der Waals surface area contributed by atoms with E-state index in [9.17, 15) is 29.4 Å². The fourth-order valence-electron chi connectivity index (χ4n) is 9.20. The average molecular weight is 685 g/mol. The molecule has 5 rings (SSSR count). The van der Waals surface area contributed by atoms with Crippen molar-refractivity contribution in [2.75, 3.05) is 39.8 Å². The first kappa shape index (κ1) is 37.1. The third-order valence-corrected chi connectivity index (χ3v) is 11.7. The van der Waals surface area contributed by atoms with Crippen LogP contribution in [0.4, 0.5) is 0 Å². The second kappa shape index (κ2) is 13.2. The molecule has 12 nitrogen and oxygen atoms in total. The Hall–Kier alpha value is -3.16. The Labute approximate surface area is 288 Å². The van der Waals surface area contributed by atoms with Crippen LogP contribution in [0.25, 0.3) is 0 Å². The van der Waals surface area contributed by atoms with Gasteiger partial charge in [-0.05, 0) is 56.8 Å². The van der Waals surface area contributed by atoms with Crippen molar-refractivity contribution < 1.29 is 48.3 Å². The highest BCUT2D eigenvalue weighted by molar-refractivity contribution is 5.93.